The minimum Gasteiger partial charge on any atom is -0.365 e. The molecular weight excluding hydrogens is 322 g/mol. The van der Waals surface area contributed by atoms with Gasteiger partial charge in [-0.05, 0) is 30.7 Å². The highest BCUT2D eigenvalue weighted by Gasteiger charge is 2.19. The van der Waals surface area contributed by atoms with Gasteiger partial charge in [-0.3, -0.25) is 4.79 Å². The molecule has 2 aromatic heterocycles. The maximum Gasteiger partial charge on any atom is 0.265 e. The molecule has 6 nitrogen and oxygen atoms in total. The molecule has 124 valence electrons. The van der Waals surface area contributed by atoms with Crippen LogP contribution >= 0.6 is 11.3 Å². The number of hydrogen-bond acceptors (Lipinski definition) is 5. The molecule has 0 spiro atoms. The highest BCUT2D eigenvalue weighted by Crippen LogP contribution is 2.24. The Labute approximate surface area is 144 Å². The molecule has 3 rings (SSSR count). The molecule has 0 radical (unpaired) electrons. The van der Waals surface area contributed by atoms with Crippen LogP contribution in [-0.2, 0) is 6.54 Å². The molecule has 1 amide bonds. The molecule has 0 bridgehead atoms. The SMILES string of the molecule is CNc1nc(C)c(C(=O)N(C)Cc2cccc(-n3cccn3)c2)s1. The van der Waals surface area contributed by atoms with Crippen LogP contribution in [0.2, 0.25) is 0 Å². The molecule has 0 aliphatic carbocycles. The number of carbonyl (C=O) groups excluding carboxylic acids is 1. The summed E-state index contributed by atoms with van der Waals surface area (Å²) in [6, 6.07) is 9.89. The van der Waals surface area contributed by atoms with E-state index in [0.29, 0.717) is 11.4 Å². The Kier molecular flexibility index (Phi) is 4.61. The first kappa shape index (κ1) is 16.2. The summed E-state index contributed by atoms with van der Waals surface area (Å²) in [6.45, 7) is 2.39. The molecule has 7 heteroatoms. The Balaban J connectivity index is 1.77. The van der Waals surface area contributed by atoms with Crippen LogP contribution in [0.25, 0.3) is 5.69 Å². The van der Waals surface area contributed by atoms with Crippen LogP contribution < -0.4 is 5.32 Å². The fourth-order valence-corrected chi connectivity index (χ4v) is 3.35. The third-order valence-electron chi connectivity index (χ3n) is 3.65. The average molecular weight is 341 g/mol. The first-order chi connectivity index (χ1) is 11.6. The number of nitrogens with zero attached hydrogens (tertiary/aromatic N) is 4. The Hall–Kier alpha value is -2.67. The second-order valence-electron chi connectivity index (χ2n) is 5.47. The van der Waals surface area contributed by atoms with E-state index in [1.165, 1.54) is 11.3 Å². The van der Waals surface area contributed by atoms with Crippen molar-refractivity contribution in [3.8, 4) is 5.69 Å². The first-order valence-corrected chi connectivity index (χ1v) is 8.39. The number of anilines is 1. The van der Waals surface area contributed by atoms with Crippen LogP contribution in [0, 0.1) is 6.92 Å². The van der Waals surface area contributed by atoms with Gasteiger partial charge in [0.1, 0.15) is 4.88 Å². The third kappa shape index (κ3) is 3.30. The summed E-state index contributed by atoms with van der Waals surface area (Å²) in [6.07, 6.45) is 3.64. The van der Waals surface area contributed by atoms with Gasteiger partial charge in [0.2, 0.25) is 0 Å². The van der Waals surface area contributed by atoms with Crippen molar-refractivity contribution in [2.24, 2.45) is 0 Å². The molecule has 0 saturated carbocycles. The maximum atomic E-state index is 12.7. The van der Waals surface area contributed by atoms with E-state index in [2.05, 4.69) is 15.4 Å². The van der Waals surface area contributed by atoms with Crippen LogP contribution in [0.4, 0.5) is 5.13 Å². The van der Waals surface area contributed by atoms with Crippen molar-refractivity contribution in [1.82, 2.24) is 19.7 Å². The molecule has 0 aliphatic heterocycles. The number of hydrogen-bond donors (Lipinski definition) is 1. The molecule has 24 heavy (non-hydrogen) atoms. The summed E-state index contributed by atoms with van der Waals surface area (Å²) in [5.41, 5.74) is 2.78. The number of amides is 1. The lowest BCUT2D eigenvalue weighted by Gasteiger charge is -2.17. The van der Waals surface area contributed by atoms with Gasteiger partial charge in [-0.2, -0.15) is 5.10 Å². The molecule has 3 aromatic rings. The zero-order valence-corrected chi connectivity index (χ0v) is 14.7. The van der Waals surface area contributed by atoms with Crippen molar-refractivity contribution in [3.05, 3.63) is 58.9 Å². The van der Waals surface area contributed by atoms with Crippen molar-refractivity contribution in [1.29, 1.82) is 0 Å². The van der Waals surface area contributed by atoms with E-state index in [4.69, 9.17) is 0 Å². The minimum atomic E-state index is -0.0176. The summed E-state index contributed by atoms with van der Waals surface area (Å²) in [4.78, 5) is 19.4. The van der Waals surface area contributed by atoms with Crippen molar-refractivity contribution in [2.45, 2.75) is 13.5 Å². The third-order valence-corrected chi connectivity index (χ3v) is 4.81. The molecular formula is C17H19N5OS. The van der Waals surface area contributed by atoms with Gasteiger partial charge in [0, 0.05) is 33.0 Å². The molecule has 0 fully saturated rings. The van der Waals surface area contributed by atoms with Crippen LogP contribution in [0.1, 0.15) is 20.9 Å². The lowest BCUT2D eigenvalue weighted by atomic mass is 10.2. The van der Waals surface area contributed by atoms with Gasteiger partial charge < -0.3 is 10.2 Å². The fourth-order valence-electron chi connectivity index (χ4n) is 2.44. The van der Waals surface area contributed by atoms with Crippen LogP contribution in [0.3, 0.4) is 0 Å². The predicted molar refractivity (Wildman–Crippen MR) is 95.8 cm³/mol. The second kappa shape index (κ2) is 6.84. The lowest BCUT2D eigenvalue weighted by Crippen LogP contribution is -2.26. The molecule has 1 N–H and O–H groups in total. The number of rotatable bonds is 5. The van der Waals surface area contributed by atoms with Gasteiger partial charge in [0.15, 0.2) is 5.13 Å². The molecule has 2 heterocycles. The van der Waals surface area contributed by atoms with E-state index in [-0.39, 0.29) is 5.91 Å². The number of aromatic nitrogens is 3. The smallest absolute Gasteiger partial charge is 0.265 e. The zero-order chi connectivity index (χ0) is 17.1. The van der Waals surface area contributed by atoms with E-state index in [1.807, 2.05) is 43.5 Å². The van der Waals surface area contributed by atoms with Crippen molar-refractivity contribution >= 4 is 22.4 Å². The summed E-state index contributed by atoms with van der Waals surface area (Å²) in [5, 5.41) is 7.97. The lowest BCUT2D eigenvalue weighted by molar-refractivity contribution is 0.0789. The summed E-state index contributed by atoms with van der Waals surface area (Å²) in [5.74, 6) is -0.0176. The van der Waals surface area contributed by atoms with Gasteiger partial charge in [0.05, 0.1) is 11.4 Å². The summed E-state index contributed by atoms with van der Waals surface area (Å²) in [7, 11) is 3.61. The van der Waals surface area contributed by atoms with Gasteiger partial charge in [-0.15, -0.1) is 0 Å². The van der Waals surface area contributed by atoms with Crippen LogP contribution in [0.15, 0.2) is 42.7 Å². The first-order valence-electron chi connectivity index (χ1n) is 7.58. The van der Waals surface area contributed by atoms with E-state index >= 15 is 0 Å². The largest absolute Gasteiger partial charge is 0.365 e. The van der Waals surface area contributed by atoms with Crippen molar-refractivity contribution in [2.75, 3.05) is 19.4 Å². The Morgan fingerprint density at radius 3 is 2.88 bits per heavy atom. The molecule has 0 atom stereocenters. The number of thiazole rings is 1. The quantitative estimate of drug-likeness (QED) is 0.775. The van der Waals surface area contributed by atoms with E-state index in [9.17, 15) is 4.79 Å². The maximum absolute atomic E-state index is 12.7. The monoisotopic (exact) mass is 341 g/mol. The van der Waals surface area contributed by atoms with Crippen molar-refractivity contribution in [3.63, 3.8) is 0 Å². The second-order valence-corrected chi connectivity index (χ2v) is 6.46. The van der Waals surface area contributed by atoms with Crippen LogP contribution in [-0.4, -0.2) is 39.7 Å². The molecule has 1 aromatic carbocycles. The number of aryl methyl sites for hydroxylation is 1. The highest BCUT2D eigenvalue weighted by molar-refractivity contribution is 7.17. The normalized spacial score (nSPS) is 10.6. The number of nitrogens with one attached hydrogen (secondary N) is 1. The van der Waals surface area contributed by atoms with Crippen molar-refractivity contribution < 1.29 is 4.79 Å². The topological polar surface area (TPSA) is 63.1 Å². The summed E-state index contributed by atoms with van der Waals surface area (Å²) >= 11 is 1.38. The minimum absolute atomic E-state index is 0.0176. The fraction of sp³-hybridized carbons (Fsp3) is 0.235. The summed E-state index contributed by atoms with van der Waals surface area (Å²) < 4.78 is 1.80. The highest BCUT2D eigenvalue weighted by atomic mass is 32.1. The van der Waals surface area contributed by atoms with Crippen LogP contribution in [0.5, 0.6) is 0 Å². The standard InChI is InChI=1S/C17H19N5OS/c1-12-15(24-17(18-2)20-12)16(23)21(3)11-13-6-4-7-14(10-13)22-9-5-8-19-22/h4-10H,11H2,1-3H3,(H,18,20). The Morgan fingerprint density at radius 1 is 1.38 bits per heavy atom. The van der Waals surface area contributed by atoms with E-state index < -0.39 is 0 Å². The number of benzene rings is 1. The Morgan fingerprint density at radius 2 is 2.21 bits per heavy atom. The molecule has 0 unspecified atom stereocenters. The van der Waals surface area contributed by atoms with Gasteiger partial charge in [-0.25, -0.2) is 9.67 Å². The van der Waals surface area contributed by atoms with Gasteiger partial charge in [-0.1, -0.05) is 23.5 Å². The van der Waals surface area contributed by atoms with E-state index in [1.54, 1.807) is 29.9 Å². The van der Waals surface area contributed by atoms with E-state index in [0.717, 1.165) is 22.1 Å². The molecule has 0 saturated heterocycles. The van der Waals surface area contributed by atoms with Gasteiger partial charge >= 0.3 is 0 Å². The average Bonchev–Trinajstić information content (AvgIpc) is 3.24. The number of carbonyl (C=O) groups is 1. The van der Waals surface area contributed by atoms with Gasteiger partial charge in [0.25, 0.3) is 5.91 Å². The molecule has 0 aliphatic rings. The predicted octanol–water partition coefficient (Wildman–Crippen LogP) is 2.95. The zero-order valence-electron chi connectivity index (χ0n) is 13.9. The Bertz CT molecular complexity index is 841.